The molecular formula is C11H21NO3. The van der Waals surface area contributed by atoms with Crippen LogP contribution in [0.15, 0.2) is 0 Å². The van der Waals surface area contributed by atoms with E-state index in [0.29, 0.717) is 0 Å². The molecule has 3 unspecified atom stereocenters. The van der Waals surface area contributed by atoms with Gasteiger partial charge in [-0.1, -0.05) is 0 Å². The van der Waals surface area contributed by atoms with E-state index in [1.807, 2.05) is 20.8 Å². The second kappa shape index (κ2) is 4.49. The van der Waals surface area contributed by atoms with Crippen LogP contribution in [-0.4, -0.2) is 28.8 Å². The fourth-order valence-electron chi connectivity index (χ4n) is 2.19. The van der Waals surface area contributed by atoms with Gasteiger partial charge in [-0.15, -0.1) is 0 Å². The summed E-state index contributed by atoms with van der Waals surface area (Å²) in [5, 5.41) is 8.86. The molecule has 1 rings (SSSR count). The van der Waals surface area contributed by atoms with E-state index in [4.69, 9.17) is 15.6 Å². The van der Waals surface area contributed by atoms with Crippen LogP contribution in [0.3, 0.4) is 0 Å². The smallest absolute Gasteiger partial charge is 0.303 e. The number of aliphatic carboxylic acids is 1. The molecule has 1 fully saturated rings. The summed E-state index contributed by atoms with van der Waals surface area (Å²) in [5.74, 6) is -0.915. The summed E-state index contributed by atoms with van der Waals surface area (Å²) in [5.41, 5.74) is 5.50. The summed E-state index contributed by atoms with van der Waals surface area (Å²) >= 11 is 0. The van der Waals surface area contributed by atoms with Crippen molar-refractivity contribution in [2.75, 3.05) is 0 Å². The summed E-state index contributed by atoms with van der Waals surface area (Å²) in [7, 11) is 0. The number of nitrogens with two attached hydrogens (primary N) is 1. The Balaban J connectivity index is 2.68. The molecule has 1 aliphatic rings. The summed E-state index contributed by atoms with van der Waals surface area (Å²) in [6.07, 6.45) is 2.22. The first-order valence-electron chi connectivity index (χ1n) is 5.47. The van der Waals surface area contributed by atoms with E-state index < -0.39 is 11.5 Å². The Hall–Kier alpha value is -0.610. The Labute approximate surface area is 90.8 Å². The third kappa shape index (κ3) is 3.47. The summed E-state index contributed by atoms with van der Waals surface area (Å²) in [6.45, 7) is 5.75. The van der Waals surface area contributed by atoms with Crippen LogP contribution in [0.5, 0.6) is 0 Å². The van der Waals surface area contributed by atoms with Gasteiger partial charge in [0, 0.05) is 11.5 Å². The first-order valence-corrected chi connectivity index (χ1v) is 5.47. The van der Waals surface area contributed by atoms with Crippen LogP contribution in [0.25, 0.3) is 0 Å². The molecule has 4 nitrogen and oxygen atoms in total. The molecule has 3 atom stereocenters. The van der Waals surface area contributed by atoms with Crippen molar-refractivity contribution in [1.29, 1.82) is 0 Å². The lowest BCUT2D eigenvalue weighted by atomic mass is 9.80. The first-order chi connectivity index (χ1) is 6.80. The summed E-state index contributed by atoms with van der Waals surface area (Å²) in [4.78, 5) is 10.8. The highest BCUT2D eigenvalue weighted by atomic mass is 16.5. The number of hydrogen-bond donors (Lipinski definition) is 2. The molecule has 0 aliphatic carbocycles. The van der Waals surface area contributed by atoms with Gasteiger partial charge in [0.25, 0.3) is 0 Å². The minimum Gasteiger partial charge on any atom is -0.481 e. The average Bonchev–Trinajstić information content (AvgIpc) is 2.45. The molecule has 0 aromatic carbocycles. The Bertz CT molecular complexity index is 234. The molecular weight excluding hydrogens is 194 g/mol. The van der Waals surface area contributed by atoms with Crippen molar-refractivity contribution in [1.82, 2.24) is 0 Å². The molecule has 15 heavy (non-hydrogen) atoms. The maximum absolute atomic E-state index is 10.8. The van der Waals surface area contributed by atoms with E-state index in [1.165, 1.54) is 0 Å². The number of carboxylic acid groups (broad SMARTS) is 1. The third-order valence-corrected chi connectivity index (χ3v) is 3.06. The van der Waals surface area contributed by atoms with Gasteiger partial charge in [0.15, 0.2) is 0 Å². The predicted octanol–water partition coefficient (Wildman–Crippen LogP) is 1.38. The van der Waals surface area contributed by atoms with Crippen LogP contribution >= 0.6 is 0 Å². The van der Waals surface area contributed by atoms with Crippen LogP contribution in [-0.2, 0) is 9.53 Å². The fourth-order valence-corrected chi connectivity index (χ4v) is 2.19. The number of carbonyl (C=O) groups is 1. The van der Waals surface area contributed by atoms with Crippen LogP contribution in [0.4, 0.5) is 0 Å². The highest BCUT2D eigenvalue weighted by Crippen LogP contribution is 2.32. The molecule has 3 N–H and O–H groups in total. The SMILES string of the molecule is CC1CCC(C(CC(=O)O)C(C)(C)N)O1. The Morgan fingerprint density at radius 2 is 2.20 bits per heavy atom. The lowest BCUT2D eigenvalue weighted by molar-refractivity contribution is -0.140. The quantitative estimate of drug-likeness (QED) is 0.743. The molecule has 0 aromatic rings. The van der Waals surface area contributed by atoms with E-state index >= 15 is 0 Å². The van der Waals surface area contributed by atoms with E-state index in [2.05, 4.69) is 0 Å². The van der Waals surface area contributed by atoms with Crippen molar-refractivity contribution in [3.63, 3.8) is 0 Å². The molecule has 4 heteroatoms. The zero-order valence-corrected chi connectivity index (χ0v) is 9.69. The van der Waals surface area contributed by atoms with Crippen molar-refractivity contribution in [2.24, 2.45) is 11.7 Å². The lowest BCUT2D eigenvalue weighted by Gasteiger charge is -2.33. The molecule has 1 saturated heterocycles. The van der Waals surface area contributed by atoms with Gasteiger partial charge in [-0.25, -0.2) is 0 Å². The fraction of sp³-hybridized carbons (Fsp3) is 0.909. The van der Waals surface area contributed by atoms with Gasteiger partial charge in [0.1, 0.15) is 0 Å². The van der Waals surface area contributed by atoms with E-state index in [1.54, 1.807) is 0 Å². The van der Waals surface area contributed by atoms with E-state index in [0.717, 1.165) is 12.8 Å². The Kier molecular flexibility index (Phi) is 3.73. The minimum absolute atomic E-state index is 0.00361. The van der Waals surface area contributed by atoms with Crippen LogP contribution < -0.4 is 5.73 Å². The van der Waals surface area contributed by atoms with Crippen molar-refractivity contribution in [3.8, 4) is 0 Å². The van der Waals surface area contributed by atoms with Crippen molar-refractivity contribution >= 4 is 5.97 Å². The average molecular weight is 215 g/mol. The number of ether oxygens (including phenoxy) is 1. The summed E-state index contributed by atoms with van der Waals surface area (Å²) < 4.78 is 5.71. The van der Waals surface area contributed by atoms with Gasteiger partial charge < -0.3 is 15.6 Å². The highest BCUT2D eigenvalue weighted by molar-refractivity contribution is 5.67. The van der Waals surface area contributed by atoms with Crippen LogP contribution in [0.2, 0.25) is 0 Å². The standard InChI is InChI=1S/C11H21NO3/c1-7-4-5-9(15-7)8(6-10(13)14)11(2,3)12/h7-9H,4-6,12H2,1-3H3,(H,13,14). The minimum atomic E-state index is -0.804. The zero-order valence-electron chi connectivity index (χ0n) is 9.69. The molecule has 0 spiro atoms. The van der Waals surface area contributed by atoms with Crippen LogP contribution in [0, 0.1) is 5.92 Å². The van der Waals surface area contributed by atoms with Gasteiger partial charge in [-0.3, -0.25) is 4.79 Å². The van der Waals surface area contributed by atoms with Gasteiger partial charge >= 0.3 is 5.97 Å². The molecule has 0 bridgehead atoms. The highest BCUT2D eigenvalue weighted by Gasteiger charge is 2.38. The predicted molar refractivity (Wildman–Crippen MR) is 57.6 cm³/mol. The van der Waals surface area contributed by atoms with Gasteiger partial charge in [0.2, 0.25) is 0 Å². The molecule has 1 heterocycles. The lowest BCUT2D eigenvalue weighted by Crippen LogP contribution is -2.47. The number of rotatable bonds is 4. The Morgan fingerprint density at radius 3 is 2.53 bits per heavy atom. The monoisotopic (exact) mass is 215 g/mol. The Morgan fingerprint density at radius 1 is 1.60 bits per heavy atom. The largest absolute Gasteiger partial charge is 0.481 e. The van der Waals surface area contributed by atoms with Crippen LogP contribution in [0.1, 0.15) is 40.0 Å². The molecule has 0 saturated carbocycles. The van der Waals surface area contributed by atoms with Gasteiger partial charge in [0.05, 0.1) is 18.6 Å². The molecule has 0 aromatic heterocycles. The molecule has 88 valence electrons. The van der Waals surface area contributed by atoms with Gasteiger partial charge in [-0.05, 0) is 33.6 Å². The van der Waals surface area contributed by atoms with Crippen molar-refractivity contribution < 1.29 is 14.6 Å². The molecule has 0 amide bonds. The summed E-state index contributed by atoms with van der Waals surface area (Å²) in [6, 6.07) is 0. The second-order valence-electron chi connectivity index (χ2n) is 5.09. The maximum Gasteiger partial charge on any atom is 0.303 e. The normalized spacial score (nSPS) is 29.1. The molecule has 0 radical (unpaired) electrons. The first kappa shape index (κ1) is 12.5. The number of hydrogen-bond acceptors (Lipinski definition) is 3. The topological polar surface area (TPSA) is 72.5 Å². The molecule has 1 aliphatic heterocycles. The van der Waals surface area contributed by atoms with Crippen molar-refractivity contribution in [2.45, 2.75) is 57.8 Å². The number of carboxylic acids is 1. The third-order valence-electron chi connectivity index (χ3n) is 3.06. The second-order valence-corrected chi connectivity index (χ2v) is 5.09. The maximum atomic E-state index is 10.8. The van der Waals surface area contributed by atoms with E-state index in [-0.39, 0.29) is 24.5 Å². The van der Waals surface area contributed by atoms with Gasteiger partial charge in [-0.2, -0.15) is 0 Å². The zero-order chi connectivity index (χ0) is 11.6. The van der Waals surface area contributed by atoms with Crippen molar-refractivity contribution in [3.05, 3.63) is 0 Å². The van der Waals surface area contributed by atoms with E-state index in [9.17, 15) is 4.79 Å².